The van der Waals surface area contributed by atoms with Crippen LogP contribution in [0, 0.1) is 0 Å². The van der Waals surface area contributed by atoms with Crippen molar-refractivity contribution < 1.29 is 9.21 Å². The minimum atomic E-state index is -0.810. The first-order valence-electron chi connectivity index (χ1n) is 6.96. The Morgan fingerprint density at radius 2 is 2.05 bits per heavy atom. The Labute approximate surface area is 131 Å². The average molecular weight is 311 g/mol. The van der Waals surface area contributed by atoms with Gasteiger partial charge in [0.25, 0.3) is 0 Å². The van der Waals surface area contributed by atoms with Gasteiger partial charge in [0.1, 0.15) is 11.3 Å². The normalized spacial score (nSPS) is 13.5. The largest absolute Gasteiger partial charge is 0.459 e. The average Bonchev–Trinajstić information content (AvgIpc) is 2.79. The van der Waals surface area contributed by atoms with Crippen LogP contribution in [-0.4, -0.2) is 23.4 Å². The Hall–Kier alpha value is -1.52. The zero-order chi connectivity index (χ0) is 14.8. The number of nitrogens with zero attached hydrogens (tertiary/aromatic N) is 1. The van der Waals surface area contributed by atoms with Gasteiger partial charge in [0.05, 0.1) is 12.1 Å². The number of amides is 1. The number of likely N-dealkylation sites (N-methyl/N-ethyl adjacent to an activating group) is 1. The number of carbonyl (C=O) groups excluding carboxylic acids is 1. The summed E-state index contributed by atoms with van der Waals surface area (Å²) in [5, 5.41) is 1.05. The van der Waals surface area contributed by atoms with Crippen molar-refractivity contribution in [2.75, 3.05) is 7.05 Å². The lowest BCUT2D eigenvalue weighted by Gasteiger charge is -2.28. The van der Waals surface area contributed by atoms with Crippen LogP contribution < -0.4 is 5.73 Å². The summed E-state index contributed by atoms with van der Waals surface area (Å²) >= 11 is 0. The Morgan fingerprint density at radius 3 is 2.67 bits per heavy atom. The summed E-state index contributed by atoms with van der Waals surface area (Å²) in [4.78, 5) is 14.0. The van der Waals surface area contributed by atoms with Crippen LogP contribution in [0.1, 0.15) is 32.4 Å². The molecule has 2 rings (SSSR count). The molecular formula is C16H23ClN2O2. The third-order valence-corrected chi connectivity index (χ3v) is 3.47. The van der Waals surface area contributed by atoms with Crippen molar-refractivity contribution in [1.29, 1.82) is 0 Å². The first-order chi connectivity index (χ1) is 9.44. The maximum absolute atomic E-state index is 12.3. The first kappa shape index (κ1) is 17.5. The van der Waals surface area contributed by atoms with Crippen LogP contribution >= 0.6 is 12.4 Å². The molecule has 21 heavy (non-hydrogen) atoms. The SMILES string of the molecule is CCCC(C)(N)C(=O)N(C)Cc1cc2ccccc2o1.Cl. The van der Waals surface area contributed by atoms with Crippen molar-refractivity contribution in [2.24, 2.45) is 5.73 Å². The van der Waals surface area contributed by atoms with Gasteiger partial charge in [0, 0.05) is 12.4 Å². The quantitative estimate of drug-likeness (QED) is 0.921. The van der Waals surface area contributed by atoms with Crippen molar-refractivity contribution in [3.8, 4) is 0 Å². The lowest BCUT2D eigenvalue weighted by Crippen LogP contribution is -2.51. The first-order valence-corrected chi connectivity index (χ1v) is 6.96. The highest BCUT2D eigenvalue weighted by Gasteiger charge is 2.30. The van der Waals surface area contributed by atoms with Crippen LogP contribution in [0.4, 0.5) is 0 Å². The van der Waals surface area contributed by atoms with Gasteiger partial charge in [-0.15, -0.1) is 12.4 Å². The van der Waals surface area contributed by atoms with Crippen LogP contribution in [0.5, 0.6) is 0 Å². The molecule has 1 aromatic heterocycles. The predicted molar refractivity (Wildman–Crippen MR) is 87.4 cm³/mol. The highest BCUT2D eigenvalue weighted by atomic mass is 35.5. The molecule has 2 N–H and O–H groups in total. The van der Waals surface area contributed by atoms with E-state index >= 15 is 0 Å². The molecule has 5 heteroatoms. The summed E-state index contributed by atoms with van der Waals surface area (Å²) in [5.41, 5.74) is 6.11. The third-order valence-electron chi connectivity index (χ3n) is 3.47. The Bertz CT molecular complexity index is 574. The van der Waals surface area contributed by atoms with Crippen molar-refractivity contribution in [3.05, 3.63) is 36.1 Å². The number of carbonyl (C=O) groups is 1. The number of benzene rings is 1. The summed E-state index contributed by atoms with van der Waals surface area (Å²) in [7, 11) is 1.76. The van der Waals surface area contributed by atoms with Gasteiger partial charge in [0.15, 0.2) is 0 Å². The van der Waals surface area contributed by atoms with Gasteiger partial charge in [-0.2, -0.15) is 0 Å². The molecule has 0 fully saturated rings. The number of nitrogens with two attached hydrogens (primary N) is 1. The van der Waals surface area contributed by atoms with E-state index in [1.165, 1.54) is 0 Å². The lowest BCUT2D eigenvalue weighted by atomic mass is 9.96. The van der Waals surface area contributed by atoms with E-state index in [1.807, 2.05) is 37.3 Å². The van der Waals surface area contributed by atoms with Gasteiger partial charge < -0.3 is 15.1 Å². The fraction of sp³-hybridized carbons (Fsp3) is 0.438. The second-order valence-corrected chi connectivity index (χ2v) is 5.58. The topological polar surface area (TPSA) is 59.5 Å². The monoisotopic (exact) mass is 310 g/mol. The number of furan rings is 1. The van der Waals surface area contributed by atoms with E-state index in [-0.39, 0.29) is 18.3 Å². The molecule has 0 spiro atoms. The summed E-state index contributed by atoms with van der Waals surface area (Å²) in [6.45, 7) is 4.25. The molecule has 1 unspecified atom stereocenters. The molecule has 0 aliphatic heterocycles. The zero-order valence-corrected chi connectivity index (χ0v) is 13.6. The Morgan fingerprint density at radius 1 is 1.38 bits per heavy atom. The van der Waals surface area contributed by atoms with Crippen molar-refractivity contribution in [2.45, 2.75) is 38.8 Å². The van der Waals surface area contributed by atoms with Crippen LogP contribution in [-0.2, 0) is 11.3 Å². The van der Waals surface area contributed by atoms with Crippen LogP contribution in [0.15, 0.2) is 34.7 Å². The van der Waals surface area contributed by atoms with Crippen molar-refractivity contribution in [1.82, 2.24) is 4.90 Å². The van der Waals surface area contributed by atoms with Crippen LogP contribution in [0.3, 0.4) is 0 Å². The van der Waals surface area contributed by atoms with E-state index in [0.717, 1.165) is 23.2 Å². The maximum Gasteiger partial charge on any atom is 0.242 e. The second-order valence-electron chi connectivity index (χ2n) is 5.58. The minimum Gasteiger partial charge on any atom is -0.459 e. The van der Waals surface area contributed by atoms with E-state index < -0.39 is 5.54 Å². The molecule has 0 saturated carbocycles. The molecule has 0 radical (unpaired) electrons. The summed E-state index contributed by atoms with van der Waals surface area (Å²) in [6, 6.07) is 9.78. The Balaban J connectivity index is 0.00000220. The number of fused-ring (bicyclic) bond motifs is 1. The molecular weight excluding hydrogens is 288 g/mol. The lowest BCUT2D eigenvalue weighted by molar-refractivity contribution is -0.136. The summed E-state index contributed by atoms with van der Waals surface area (Å²) < 4.78 is 5.73. The molecule has 0 aliphatic rings. The van der Waals surface area contributed by atoms with Gasteiger partial charge in [-0.25, -0.2) is 0 Å². The minimum absolute atomic E-state index is 0. The van der Waals surface area contributed by atoms with E-state index in [0.29, 0.717) is 13.0 Å². The van der Waals surface area contributed by atoms with Crippen molar-refractivity contribution >= 4 is 29.3 Å². The molecule has 4 nitrogen and oxygen atoms in total. The van der Waals surface area contributed by atoms with Crippen molar-refractivity contribution in [3.63, 3.8) is 0 Å². The molecule has 0 aliphatic carbocycles. The highest BCUT2D eigenvalue weighted by molar-refractivity contribution is 5.86. The van der Waals surface area contributed by atoms with E-state index in [4.69, 9.17) is 10.2 Å². The summed E-state index contributed by atoms with van der Waals surface area (Å²) in [5.74, 6) is 0.717. The fourth-order valence-corrected chi connectivity index (χ4v) is 2.48. The number of hydrogen-bond donors (Lipinski definition) is 1. The van der Waals surface area contributed by atoms with Crippen LogP contribution in [0.2, 0.25) is 0 Å². The molecule has 0 saturated heterocycles. The van der Waals surface area contributed by atoms with Gasteiger partial charge >= 0.3 is 0 Å². The van der Waals surface area contributed by atoms with E-state index in [9.17, 15) is 4.79 Å². The number of hydrogen-bond acceptors (Lipinski definition) is 3. The predicted octanol–water partition coefficient (Wildman–Crippen LogP) is 3.33. The molecule has 2 aromatic rings. The molecule has 1 aromatic carbocycles. The number of rotatable bonds is 5. The number of halogens is 1. The second kappa shape index (κ2) is 6.96. The maximum atomic E-state index is 12.3. The van der Waals surface area contributed by atoms with Gasteiger partial charge in [-0.05, 0) is 25.5 Å². The smallest absolute Gasteiger partial charge is 0.242 e. The van der Waals surface area contributed by atoms with Gasteiger partial charge in [0.2, 0.25) is 5.91 Å². The van der Waals surface area contributed by atoms with E-state index in [2.05, 4.69) is 0 Å². The highest BCUT2D eigenvalue weighted by Crippen LogP contribution is 2.21. The van der Waals surface area contributed by atoms with Gasteiger partial charge in [-0.1, -0.05) is 31.5 Å². The molecule has 116 valence electrons. The standard InChI is InChI=1S/C16H22N2O2.ClH/c1-4-9-16(2,17)15(19)18(3)11-13-10-12-7-5-6-8-14(12)20-13;/h5-8,10H,4,9,11,17H2,1-3H3;1H. The summed E-state index contributed by atoms with van der Waals surface area (Å²) in [6.07, 6.45) is 1.56. The number of para-hydroxylation sites is 1. The fourth-order valence-electron chi connectivity index (χ4n) is 2.48. The zero-order valence-electron chi connectivity index (χ0n) is 12.8. The van der Waals surface area contributed by atoms with E-state index in [1.54, 1.807) is 18.9 Å². The Kier molecular flexibility index (Phi) is 5.81. The van der Waals surface area contributed by atoms with Gasteiger partial charge in [-0.3, -0.25) is 4.79 Å². The molecule has 0 bridgehead atoms. The molecule has 1 heterocycles. The third kappa shape index (κ3) is 3.99. The molecule has 1 atom stereocenters. The molecule has 1 amide bonds. The van der Waals surface area contributed by atoms with Crippen LogP contribution in [0.25, 0.3) is 11.0 Å².